The summed E-state index contributed by atoms with van der Waals surface area (Å²) in [6, 6.07) is 22.0. The van der Waals surface area contributed by atoms with Crippen molar-refractivity contribution in [2.24, 2.45) is 0 Å². The predicted molar refractivity (Wildman–Crippen MR) is 137 cm³/mol. The van der Waals surface area contributed by atoms with Crippen LogP contribution in [-0.4, -0.2) is 11.9 Å². The van der Waals surface area contributed by atoms with Gasteiger partial charge in [-0.15, -0.1) is 12.4 Å². The van der Waals surface area contributed by atoms with Crippen molar-refractivity contribution in [1.82, 2.24) is 4.90 Å². The van der Waals surface area contributed by atoms with Crippen molar-refractivity contribution in [2.75, 3.05) is 7.05 Å². The number of fused-ring (bicyclic) bond motifs is 1. The topological polar surface area (TPSA) is 42.7 Å². The Morgan fingerprint density at radius 1 is 0.879 bits per heavy atom. The van der Waals surface area contributed by atoms with Crippen LogP contribution in [0.4, 0.5) is 0 Å². The number of hydrogen-bond acceptors (Lipinski definition) is 4. The van der Waals surface area contributed by atoms with E-state index in [1.807, 2.05) is 37.3 Å². The minimum atomic E-state index is -0.303. The van der Waals surface area contributed by atoms with Crippen molar-refractivity contribution in [1.29, 1.82) is 0 Å². The lowest BCUT2D eigenvalue weighted by Crippen LogP contribution is -2.17. The van der Waals surface area contributed by atoms with Gasteiger partial charge in [0.15, 0.2) is 0 Å². The molecule has 1 aromatic heterocycles. The molecule has 0 fully saturated rings. The molecule has 0 saturated heterocycles. The van der Waals surface area contributed by atoms with Crippen molar-refractivity contribution >= 4 is 35.0 Å². The molecule has 33 heavy (non-hydrogen) atoms. The minimum Gasteiger partial charge on any atom is -0.489 e. The fraction of sp³-hybridized carbons (Fsp3) is 0.222. The molecule has 0 aliphatic rings. The molecule has 0 unspecified atom stereocenters. The lowest BCUT2D eigenvalue weighted by atomic mass is 10.1. The SMILES string of the molecule is Cc1c(C)c2ccc(OCc3ccc(CN(C)Cc4cccc(Cl)c4)cc3)cc2oc1=O.Cl. The van der Waals surface area contributed by atoms with E-state index in [1.165, 1.54) is 11.1 Å². The molecule has 0 aliphatic carbocycles. The Morgan fingerprint density at radius 3 is 2.30 bits per heavy atom. The average Bonchev–Trinajstić information content (AvgIpc) is 2.77. The molecule has 4 nitrogen and oxygen atoms in total. The molecule has 1 heterocycles. The molecular weight excluding hydrogens is 457 g/mol. The number of halogens is 2. The molecular formula is C27H27Cl2NO3. The van der Waals surface area contributed by atoms with Gasteiger partial charge < -0.3 is 9.15 Å². The zero-order valence-corrected chi connectivity index (χ0v) is 20.5. The molecule has 0 N–H and O–H groups in total. The minimum absolute atomic E-state index is 0. The summed E-state index contributed by atoms with van der Waals surface area (Å²) < 4.78 is 11.4. The third-order valence-electron chi connectivity index (χ3n) is 5.65. The van der Waals surface area contributed by atoms with Crippen molar-refractivity contribution in [3.63, 3.8) is 0 Å². The molecule has 4 rings (SSSR count). The molecule has 0 bridgehead atoms. The standard InChI is InChI=1S/C27H26ClNO3.ClH/c1-18-19(2)27(30)32-26-14-24(11-12-25(18)26)31-17-21-9-7-20(8-10-21)15-29(3)16-22-5-4-6-23(28)13-22;/h4-14H,15-17H2,1-3H3;1H. The van der Waals surface area contributed by atoms with Crippen LogP contribution in [0.25, 0.3) is 11.0 Å². The second-order valence-corrected chi connectivity index (χ2v) is 8.64. The van der Waals surface area contributed by atoms with Crippen LogP contribution in [0.3, 0.4) is 0 Å². The predicted octanol–water partition coefficient (Wildman–Crippen LogP) is 6.70. The molecule has 0 spiro atoms. The maximum atomic E-state index is 12.0. The molecule has 0 atom stereocenters. The second kappa shape index (κ2) is 10.9. The maximum Gasteiger partial charge on any atom is 0.339 e. The van der Waals surface area contributed by atoms with Gasteiger partial charge >= 0.3 is 5.63 Å². The zero-order valence-electron chi connectivity index (χ0n) is 18.9. The normalized spacial score (nSPS) is 10.9. The summed E-state index contributed by atoms with van der Waals surface area (Å²) in [5, 5.41) is 1.69. The smallest absolute Gasteiger partial charge is 0.339 e. The molecule has 0 radical (unpaired) electrons. The Morgan fingerprint density at radius 2 is 1.58 bits per heavy atom. The fourth-order valence-electron chi connectivity index (χ4n) is 3.74. The van der Waals surface area contributed by atoms with Crippen LogP contribution in [0.2, 0.25) is 5.02 Å². The summed E-state index contributed by atoms with van der Waals surface area (Å²) in [6.07, 6.45) is 0. The van der Waals surface area contributed by atoms with Crippen molar-refractivity contribution in [3.8, 4) is 5.75 Å². The van der Waals surface area contributed by atoms with E-state index in [0.29, 0.717) is 23.5 Å². The van der Waals surface area contributed by atoms with E-state index in [4.69, 9.17) is 20.8 Å². The van der Waals surface area contributed by atoms with Gasteiger partial charge in [0.05, 0.1) is 0 Å². The molecule has 0 amide bonds. The van der Waals surface area contributed by atoms with Gasteiger partial charge in [-0.1, -0.05) is 48.0 Å². The third kappa shape index (κ3) is 6.17. The van der Waals surface area contributed by atoms with Crippen LogP contribution < -0.4 is 10.4 Å². The number of hydrogen-bond donors (Lipinski definition) is 0. The zero-order chi connectivity index (χ0) is 22.7. The average molecular weight is 484 g/mol. The maximum absolute atomic E-state index is 12.0. The van der Waals surface area contributed by atoms with Crippen LogP contribution in [-0.2, 0) is 19.7 Å². The summed E-state index contributed by atoms with van der Waals surface area (Å²) in [4.78, 5) is 14.2. The number of benzene rings is 3. The first kappa shape index (κ1) is 24.8. The summed E-state index contributed by atoms with van der Waals surface area (Å²) >= 11 is 6.08. The van der Waals surface area contributed by atoms with Gasteiger partial charge in [-0.05, 0) is 67.4 Å². The van der Waals surface area contributed by atoms with Gasteiger partial charge in [0.1, 0.15) is 17.9 Å². The van der Waals surface area contributed by atoms with E-state index in [9.17, 15) is 4.79 Å². The van der Waals surface area contributed by atoms with E-state index in [2.05, 4.69) is 42.3 Å². The number of nitrogens with zero attached hydrogens (tertiary/aromatic N) is 1. The number of rotatable bonds is 7. The van der Waals surface area contributed by atoms with Crippen LogP contribution in [0.15, 0.2) is 75.9 Å². The van der Waals surface area contributed by atoms with E-state index in [-0.39, 0.29) is 18.0 Å². The first-order valence-electron chi connectivity index (χ1n) is 10.6. The number of ether oxygens (including phenoxy) is 1. The molecule has 0 aliphatic heterocycles. The fourth-order valence-corrected chi connectivity index (χ4v) is 3.95. The Kier molecular flexibility index (Phi) is 8.20. The molecule has 4 aromatic rings. The molecule has 6 heteroatoms. The lowest BCUT2D eigenvalue weighted by molar-refractivity contribution is 0.305. The van der Waals surface area contributed by atoms with Crippen LogP contribution in [0.5, 0.6) is 5.75 Å². The van der Waals surface area contributed by atoms with Gasteiger partial charge in [-0.3, -0.25) is 4.90 Å². The van der Waals surface area contributed by atoms with Crippen molar-refractivity contribution in [2.45, 2.75) is 33.5 Å². The summed E-state index contributed by atoms with van der Waals surface area (Å²) in [6.45, 7) is 5.84. The molecule has 172 valence electrons. The summed E-state index contributed by atoms with van der Waals surface area (Å²) in [7, 11) is 2.10. The summed E-state index contributed by atoms with van der Waals surface area (Å²) in [5.74, 6) is 0.675. The Bertz CT molecular complexity index is 1300. The third-order valence-corrected chi connectivity index (χ3v) is 5.89. The highest BCUT2D eigenvalue weighted by atomic mass is 35.5. The second-order valence-electron chi connectivity index (χ2n) is 8.20. The first-order chi connectivity index (χ1) is 15.4. The highest BCUT2D eigenvalue weighted by Crippen LogP contribution is 2.24. The lowest BCUT2D eigenvalue weighted by Gasteiger charge is -2.17. The van der Waals surface area contributed by atoms with E-state index >= 15 is 0 Å². The van der Waals surface area contributed by atoms with E-state index in [0.717, 1.165) is 34.6 Å². The Hall–Kier alpha value is -2.79. The largest absolute Gasteiger partial charge is 0.489 e. The highest BCUT2D eigenvalue weighted by molar-refractivity contribution is 6.30. The molecule has 3 aromatic carbocycles. The van der Waals surface area contributed by atoms with E-state index in [1.54, 1.807) is 13.0 Å². The van der Waals surface area contributed by atoms with E-state index < -0.39 is 0 Å². The Balaban J connectivity index is 0.00000306. The van der Waals surface area contributed by atoms with Gasteiger partial charge in [0, 0.05) is 35.1 Å². The first-order valence-corrected chi connectivity index (χ1v) is 10.9. The monoisotopic (exact) mass is 483 g/mol. The molecule has 0 saturated carbocycles. The van der Waals surface area contributed by atoms with Gasteiger partial charge in [-0.2, -0.15) is 0 Å². The quantitative estimate of drug-likeness (QED) is 0.274. The number of aryl methyl sites for hydroxylation is 1. The van der Waals surface area contributed by atoms with Gasteiger partial charge in [0.25, 0.3) is 0 Å². The van der Waals surface area contributed by atoms with Crippen LogP contribution >= 0.6 is 24.0 Å². The van der Waals surface area contributed by atoms with Crippen molar-refractivity contribution < 1.29 is 9.15 Å². The van der Waals surface area contributed by atoms with Crippen molar-refractivity contribution in [3.05, 3.63) is 110 Å². The summed E-state index contributed by atoms with van der Waals surface area (Å²) in [5.41, 5.74) is 5.34. The highest BCUT2D eigenvalue weighted by Gasteiger charge is 2.09. The van der Waals surface area contributed by atoms with Gasteiger partial charge in [-0.25, -0.2) is 4.79 Å². The van der Waals surface area contributed by atoms with Crippen LogP contribution in [0.1, 0.15) is 27.8 Å². The Labute approximate surface area is 205 Å². The van der Waals surface area contributed by atoms with Crippen LogP contribution in [0, 0.1) is 13.8 Å². The van der Waals surface area contributed by atoms with Gasteiger partial charge in [0.2, 0.25) is 0 Å².